The minimum Gasteiger partial charge on any atom is -0.480 e. The molecule has 2 aromatic rings. The minimum atomic E-state index is 0.0632. The van der Waals surface area contributed by atoms with Crippen LogP contribution in [0.3, 0.4) is 0 Å². The van der Waals surface area contributed by atoms with Crippen molar-refractivity contribution in [3.8, 4) is 5.88 Å². The summed E-state index contributed by atoms with van der Waals surface area (Å²) in [5.41, 5.74) is 3.36. The van der Waals surface area contributed by atoms with E-state index in [4.69, 9.17) is 4.74 Å². The molecule has 1 heterocycles. The highest BCUT2D eigenvalue weighted by molar-refractivity contribution is 5.31. The number of rotatable bonds is 6. The lowest BCUT2D eigenvalue weighted by atomic mass is 10.0. The molecule has 1 aromatic carbocycles. The summed E-state index contributed by atoms with van der Waals surface area (Å²) in [6.45, 7) is 5.19. The van der Waals surface area contributed by atoms with E-state index in [1.165, 1.54) is 11.1 Å². The van der Waals surface area contributed by atoms with Gasteiger partial charge in [0.25, 0.3) is 0 Å². The number of benzene rings is 1. The van der Waals surface area contributed by atoms with E-state index >= 15 is 0 Å². The average molecular weight is 271 g/mol. The molecule has 0 aliphatic carbocycles. The molecule has 4 heteroatoms. The highest BCUT2D eigenvalue weighted by Gasteiger charge is 2.15. The van der Waals surface area contributed by atoms with Crippen LogP contribution >= 0.6 is 0 Å². The minimum absolute atomic E-state index is 0.0632. The van der Waals surface area contributed by atoms with Gasteiger partial charge in [-0.15, -0.1) is 10.2 Å². The van der Waals surface area contributed by atoms with Gasteiger partial charge >= 0.3 is 0 Å². The molecule has 0 fully saturated rings. The van der Waals surface area contributed by atoms with Crippen LogP contribution in [-0.4, -0.2) is 23.9 Å². The molecule has 1 atom stereocenters. The maximum Gasteiger partial charge on any atom is 0.233 e. The van der Waals surface area contributed by atoms with E-state index in [1.54, 1.807) is 7.11 Å². The Bertz CT molecular complexity index is 540. The number of aromatic nitrogens is 2. The number of nitrogens with zero attached hydrogens (tertiary/aromatic N) is 2. The summed E-state index contributed by atoms with van der Waals surface area (Å²) in [7, 11) is 1.59. The Labute approximate surface area is 120 Å². The number of ether oxygens (including phenoxy) is 1. The number of methoxy groups -OCH3 is 1. The molecule has 0 amide bonds. The predicted molar refractivity (Wildman–Crippen MR) is 79.9 cm³/mol. The van der Waals surface area contributed by atoms with Gasteiger partial charge in [0.15, 0.2) is 0 Å². The molecule has 1 unspecified atom stereocenters. The van der Waals surface area contributed by atoms with Crippen LogP contribution < -0.4 is 10.1 Å². The van der Waals surface area contributed by atoms with Crippen LogP contribution in [0.2, 0.25) is 0 Å². The Morgan fingerprint density at radius 2 is 2.05 bits per heavy atom. The van der Waals surface area contributed by atoms with Gasteiger partial charge in [-0.1, -0.05) is 36.8 Å². The molecule has 2 rings (SSSR count). The molecule has 1 N–H and O–H groups in total. The van der Waals surface area contributed by atoms with Crippen LogP contribution in [0, 0.1) is 6.92 Å². The lowest BCUT2D eigenvalue weighted by Crippen LogP contribution is -2.24. The first kappa shape index (κ1) is 14.5. The largest absolute Gasteiger partial charge is 0.480 e. The van der Waals surface area contributed by atoms with E-state index < -0.39 is 0 Å². The molecule has 0 bridgehead atoms. The average Bonchev–Trinajstić information content (AvgIpc) is 2.48. The van der Waals surface area contributed by atoms with Crippen LogP contribution in [-0.2, 0) is 0 Å². The standard InChI is InChI=1S/C16H21N3O/c1-4-10-17-16(13-7-5-6-12(2)11-13)14-8-9-15(20-3)19-18-14/h5-9,11,16-17H,4,10H2,1-3H3. The summed E-state index contributed by atoms with van der Waals surface area (Å²) >= 11 is 0. The first-order valence-electron chi connectivity index (χ1n) is 6.92. The fourth-order valence-corrected chi connectivity index (χ4v) is 2.12. The van der Waals surface area contributed by atoms with Gasteiger partial charge < -0.3 is 10.1 Å². The highest BCUT2D eigenvalue weighted by Crippen LogP contribution is 2.21. The van der Waals surface area contributed by atoms with Gasteiger partial charge in [-0.25, -0.2) is 0 Å². The van der Waals surface area contributed by atoms with Gasteiger partial charge in [-0.3, -0.25) is 0 Å². The Balaban J connectivity index is 2.30. The second-order valence-corrected chi connectivity index (χ2v) is 4.80. The Kier molecular flexibility index (Phi) is 5.07. The molecule has 0 saturated heterocycles. The van der Waals surface area contributed by atoms with Crippen molar-refractivity contribution >= 4 is 0 Å². The number of hydrogen-bond acceptors (Lipinski definition) is 4. The third-order valence-corrected chi connectivity index (χ3v) is 3.14. The number of hydrogen-bond donors (Lipinski definition) is 1. The van der Waals surface area contributed by atoms with Crippen molar-refractivity contribution in [3.63, 3.8) is 0 Å². The van der Waals surface area contributed by atoms with Gasteiger partial charge in [-0.05, 0) is 31.5 Å². The second-order valence-electron chi connectivity index (χ2n) is 4.80. The third-order valence-electron chi connectivity index (χ3n) is 3.14. The van der Waals surface area contributed by atoms with Crippen molar-refractivity contribution in [2.75, 3.05) is 13.7 Å². The van der Waals surface area contributed by atoms with Crippen LogP contribution in [0.15, 0.2) is 36.4 Å². The quantitative estimate of drug-likeness (QED) is 0.877. The molecular formula is C16H21N3O. The molecule has 0 aliphatic rings. The maximum atomic E-state index is 5.06. The summed E-state index contributed by atoms with van der Waals surface area (Å²) in [6, 6.07) is 12.3. The van der Waals surface area contributed by atoms with Gasteiger partial charge in [0.05, 0.1) is 18.8 Å². The van der Waals surface area contributed by atoms with E-state index in [0.29, 0.717) is 5.88 Å². The molecular weight excluding hydrogens is 250 g/mol. The first-order chi connectivity index (χ1) is 9.74. The Morgan fingerprint density at radius 3 is 2.65 bits per heavy atom. The van der Waals surface area contributed by atoms with E-state index in [-0.39, 0.29) is 6.04 Å². The third kappa shape index (κ3) is 3.54. The molecule has 0 radical (unpaired) electrons. The van der Waals surface area contributed by atoms with Gasteiger partial charge in [0, 0.05) is 6.07 Å². The van der Waals surface area contributed by atoms with Gasteiger partial charge in [0.1, 0.15) is 0 Å². The van der Waals surface area contributed by atoms with Gasteiger partial charge in [0.2, 0.25) is 5.88 Å². The zero-order chi connectivity index (χ0) is 14.4. The molecule has 4 nitrogen and oxygen atoms in total. The van der Waals surface area contributed by atoms with Crippen molar-refractivity contribution in [1.82, 2.24) is 15.5 Å². The molecule has 0 saturated carbocycles. The Hall–Kier alpha value is -1.94. The molecule has 20 heavy (non-hydrogen) atoms. The highest BCUT2D eigenvalue weighted by atomic mass is 16.5. The SMILES string of the molecule is CCCNC(c1cccc(C)c1)c1ccc(OC)nn1. The van der Waals surface area contributed by atoms with E-state index in [9.17, 15) is 0 Å². The summed E-state index contributed by atoms with van der Waals surface area (Å²) in [4.78, 5) is 0. The van der Waals surface area contributed by atoms with Crippen molar-refractivity contribution in [2.45, 2.75) is 26.3 Å². The molecule has 0 aliphatic heterocycles. The summed E-state index contributed by atoms with van der Waals surface area (Å²) in [6.07, 6.45) is 1.08. The lowest BCUT2D eigenvalue weighted by Gasteiger charge is -2.18. The predicted octanol–water partition coefficient (Wildman–Crippen LogP) is 2.88. The van der Waals surface area contributed by atoms with E-state index in [2.05, 4.69) is 53.6 Å². The number of aryl methyl sites for hydroxylation is 1. The second kappa shape index (κ2) is 7.01. The van der Waals surface area contributed by atoms with Crippen LogP contribution in [0.25, 0.3) is 0 Å². The number of nitrogens with one attached hydrogen (secondary N) is 1. The zero-order valence-electron chi connectivity index (χ0n) is 12.3. The zero-order valence-corrected chi connectivity index (χ0v) is 12.3. The monoisotopic (exact) mass is 271 g/mol. The first-order valence-corrected chi connectivity index (χ1v) is 6.92. The summed E-state index contributed by atoms with van der Waals surface area (Å²) in [5, 5.41) is 11.9. The Morgan fingerprint density at radius 1 is 1.20 bits per heavy atom. The van der Waals surface area contributed by atoms with E-state index in [0.717, 1.165) is 18.7 Å². The van der Waals surface area contributed by atoms with Crippen molar-refractivity contribution in [3.05, 3.63) is 53.2 Å². The van der Waals surface area contributed by atoms with Crippen molar-refractivity contribution in [2.24, 2.45) is 0 Å². The smallest absolute Gasteiger partial charge is 0.233 e. The van der Waals surface area contributed by atoms with Gasteiger partial charge in [-0.2, -0.15) is 0 Å². The fraction of sp³-hybridized carbons (Fsp3) is 0.375. The van der Waals surface area contributed by atoms with Crippen LogP contribution in [0.5, 0.6) is 5.88 Å². The maximum absolute atomic E-state index is 5.06. The van der Waals surface area contributed by atoms with Crippen molar-refractivity contribution in [1.29, 1.82) is 0 Å². The van der Waals surface area contributed by atoms with Crippen molar-refractivity contribution < 1.29 is 4.74 Å². The summed E-state index contributed by atoms with van der Waals surface area (Å²) < 4.78 is 5.06. The lowest BCUT2D eigenvalue weighted by molar-refractivity contribution is 0.390. The normalized spacial score (nSPS) is 12.2. The van der Waals surface area contributed by atoms with E-state index in [1.807, 2.05) is 12.1 Å². The summed E-state index contributed by atoms with van der Waals surface area (Å²) in [5.74, 6) is 0.534. The molecule has 1 aromatic heterocycles. The van der Waals surface area contributed by atoms with Crippen LogP contribution in [0.4, 0.5) is 0 Å². The fourth-order valence-electron chi connectivity index (χ4n) is 2.12. The topological polar surface area (TPSA) is 47.0 Å². The molecule has 106 valence electrons. The van der Waals surface area contributed by atoms with Crippen LogP contribution in [0.1, 0.15) is 36.2 Å². The molecule has 0 spiro atoms.